The topological polar surface area (TPSA) is 55.6 Å². The average molecular weight is 220 g/mol. The van der Waals surface area contributed by atoms with Crippen molar-refractivity contribution in [2.75, 3.05) is 25.1 Å². The van der Waals surface area contributed by atoms with E-state index in [1.807, 2.05) is 19.2 Å². The Morgan fingerprint density at radius 3 is 3.12 bits per heavy atom. The summed E-state index contributed by atoms with van der Waals surface area (Å²) in [5.74, 6) is 0.826. The van der Waals surface area contributed by atoms with Crippen molar-refractivity contribution in [3.8, 4) is 5.75 Å². The number of anilines is 1. The van der Waals surface area contributed by atoms with Crippen molar-refractivity contribution in [1.82, 2.24) is 0 Å². The Balaban J connectivity index is 2.30. The minimum Gasteiger partial charge on any atom is -0.490 e. The lowest BCUT2D eigenvalue weighted by Crippen LogP contribution is -2.28. The molecule has 1 aromatic carbocycles. The summed E-state index contributed by atoms with van der Waals surface area (Å²) in [6.45, 7) is 1.50. The molecule has 5 nitrogen and oxygen atoms in total. The molecule has 0 amide bonds. The van der Waals surface area contributed by atoms with Gasteiger partial charge >= 0.3 is 0 Å². The minimum absolute atomic E-state index is 0.473. The molecule has 1 heterocycles. The molecule has 0 bridgehead atoms. The molecular weight excluding hydrogens is 208 g/mol. The monoisotopic (exact) mass is 220 g/mol. The van der Waals surface area contributed by atoms with Crippen LogP contribution in [0.1, 0.15) is 5.56 Å². The Bertz CT molecular complexity index is 443. The second kappa shape index (κ2) is 4.22. The Labute approximate surface area is 93.1 Å². The minimum atomic E-state index is -0.473. The number of hydrogen-bond donors (Lipinski definition) is 0. The van der Waals surface area contributed by atoms with E-state index in [-0.39, 0.29) is 0 Å². The Morgan fingerprint density at radius 2 is 2.38 bits per heavy atom. The molecule has 16 heavy (non-hydrogen) atoms. The predicted molar refractivity (Wildman–Crippen MR) is 61.2 cm³/mol. The van der Waals surface area contributed by atoms with Crippen LogP contribution < -0.4 is 9.64 Å². The highest BCUT2D eigenvalue weighted by atomic mass is 16.6. The van der Waals surface area contributed by atoms with Crippen LogP contribution in [0.15, 0.2) is 24.4 Å². The van der Waals surface area contributed by atoms with Gasteiger partial charge in [-0.2, -0.15) is 0 Å². The molecule has 0 aliphatic carbocycles. The van der Waals surface area contributed by atoms with Crippen molar-refractivity contribution in [2.24, 2.45) is 0 Å². The highest BCUT2D eigenvalue weighted by Gasteiger charge is 2.14. The fourth-order valence-electron chi connectivity index (χ4n) is 1.62. The number of rotatable bonds is 2. The zero-order valence-electron chi connectivity index (χ0n) is 8.92. The van der Waals surface area contributed by atoms with Gasteiger partial charge in [0.15, 0.2) is 0 Å². The molecule has 0 unspecified atom stereocenters. The van der Waals surface area contributed by atoms with Crippen molar-refractivity contribution >= 4 is 11.8 Å². The number of ether oxygens (including phenoxy) is 1. The van der Waals surface area contributed by atoms with Gasteiger partial charge in [-0.25, -0.2) is 0 Å². The summed E-state index contributed by atoms with van der Waals surface area (Å²) in [6.07, 6.45) is 2.41. The summed E-state index contributed by atoms with van der Waals surface area (Å²) in [5, 5.41) is 10.2. The van der Waals surface area contributed by atoms with Gasteiger partial charge in [0.1, 0.15) is 12.4 Å². The largest absolute Gasteiger partial charge is 0.490 e. The quantitative estimate of drug-likeness (QED) is 0.563. The first-order valence-corrected chi connectivity index (χ1v) is 4.96. The summed E-state index contributed by atoms with van der Waals surface area (Å²) in [4.78, 5) is 11.8. The number of hydrogen-bond acceptors (Lipinski definition) is 4. The molecule has 0 fully saturated rings. The van der Waals surface area contributed by atoms with Crippen LogP contribution >= 0.6 is 0 Å². The molecule has 0 saturated carbocycles. The maximum Gasteiger partial charge on any atom is 0.235 e. The number of benzene rings is 1. The first-order valence-electron chi connectivity index (χ1n) is 4.96. The highest BCUT2D eigenvalue weighted by Crippen LogP contribution is 2.31. The number of nitrogens with zero attached hydrogens (tertiary/aromatic N) is 2. The van der Waals surface area contributed by atoms with E-state index in [1.54, 1.807) is 6.07 Å². The Kier molecular flexibility index (Phi) is 2.76. The van der Waals surface area contributed by atoms with Crippen LogP contribution in [0.4, 0.5) is 5.69 Å². The Morgan fingerprint density at radius 1 is 1.56 bits per heavy atom. The second-order valence-electron chi connectivity index (χ2n) is 3.60. The van der Waals surface area contributed by atoms with Crippen molar-refractivity contribution in [3.05, 3.63) is 40.1 Å². The average Bonchev–Trinajstić information content (AvgIpc) is 2.27. The van der Waals surface area contributed by atoms with Gasteiger partial charge in [-0.1, -0.05) is 6.07 Å². The molecule has 0 spiro atoms. The zero-order chi connectivity index (χ0) is 11.5. The van der Waals surface area contributed by atoms with E-state index < -0.39 is 4.92 Å². The van der Waals surface area contributed by atoms with Crippen LogP contribution in [0.25, 0.3) is 6.08 Å². The fourth-order valence-corrected chi connectivity index (χ4v) is 1.62. The summed E-state index contributed by atoms with van der Waals surface area (Å²) in [7, 11) is 1.97. The normalized spacial score (nSPS) is 14.7. The van der Waals surface area contributed by atoms with E-state index in [2.05, 4.69) is 4.90 Å². The summed E-state index contributed by atoms with van der Waals surface area (Å²) < 4.78 is 5.47. The van der Waals surface area contributed by atoms with Gasteiger partial charge in [0.25, 0.3) is 0 Å². The first kappa shape index (κ1) is 10.5. The molecule has 0 aromatic heterocycles. The SMILES string of the molecule is CN1CCOc2ccc(/C=C/[N+](=O)[O-])cc21. The molecule has 0 atom stereocenters. The van der Waals surface area contributed by atoms with Crippen LogP contribution in [0.5, 0.6) is 5.75 Å². The van der Waals surface area contributed by atoms with E-state index in [9.17, 15) is 10.1 Å². The van der Waals surface area contributed by atoms with E-state index in [0.717, 1.165) is 29.7 Å². The lowest BCUT2D eigenvalue weighted by Gasteiger charge is -2.27. The maximum absolute atomic E-state index is 10.2. The molecule has 5 heteroatoms. The van der Waals surface area contributed by atoms with Crippen molar-refractivity contribution in [1.29, 1.82) is 0 Å². The van der Waals surface area contributed by atoms with E-state index in [0.29, 0.717) is 6.61 Å². The van der Waals surface area contributed by atoms with Gasteiger partial charge < -0.3 is 9.64 Å². The molecule has 0 saturated heterocycles. The molecule has 1 aromatic rings. The molecule has 0 N–H and O–H groups in total. The summed E-state index contributed by atoms with van der Waals surface area (Å²) in [6, 6.07) is 5.52. The van der Waals surface area contributed by atoms with E-state index >= 15 is 0 Å². The lowest BCUT2D eigenvalue weighted by molar-refractivity contribution is -0.400. The van der Waals surface area contributed by atoms with Gasteiger partial charge in [-0.15, -0.1) is 0 Å². The number of nitro groups is 1. The highest BCUT2D eigenvalue weighted by molar-refractivity contribution is 5.65. The predicted octanol–water partition coefficient (Wildman–Crippen LogP) is 1.76. The van der Waals surface area contributed by atoms with Crippen molar-refractivity contribution < 1.29 is 9.66 Å². The Hall–Kier alpha value is -2.04. The third-order valence-electron chi connectivity index (χ3n) is 2.47. The zero-order valence-corrected chi connectivity index (χ0v) is 8.92. The van der Waals surface area contributed by atoms with Crippen LogP contribution in [0.2, 0.25) is 0 Å². The summed E-state index contributed by atoms with van der Waals surface area (Å²) >= 11 is 0. The lowest BCUT2D eigenvalue weighted by atomic mass is 10.1. The standard InChI is InChI=1S/C11H12N2O3/c1-12-6-7-16-11-3-2-9(8-10(11)12)4-5-13(14)15/h2-5,8H,6-7H2,1H3/b5-4+. The van der Waals surface area contributed by atoms with Crippen molar-refractivity contribution in [2.45, 2.75) is 0 Å². The van der Waals surface area contributed by atoms with Gasteiger partial charge in [-0.05, 0) is 17.7 Å². The van der Waals surface area contributed by atoms with Gasteiger partial charge in [0.05, 0.1) is 17.2 Å². The third kappa shape index (κ3) is 2.13. The molecule has 0 radical (unpaired) electrons. The van der Waals surface area contributed by atoms with E-state index in [4.69, 9.17) is 4.74 Å². The maximum atomic E-state index is 10.2. The van der Waals surface area contributed by atoms with Crippen LogP contribution in [0, 0.1) is 10.1 Å². The second-order valence-corrected chi connectivity index (χ2v) is 3.60. The smallest absolute Gasteiger partial charge is 0.235 e. The van der Waals surface area contributed by atoms with Crippen molar-refractivity contribution in [3.63, 3.8) is 0 Å². The summed E-state index contributed by atoms with van der Waals surface area (Å²) in [5.41, 5.74) is 1.77. The molecule has 84 valence electrons. The molecule has 1 aliphatic rings. The number of likely N-dealkylation sites (N-methyl/N-ethyl adjacent to an activating group) is 1. The molecular formula is C11H12N2O3. The molecule has 2 rings (SSSR count). The third-order valence-corrected chi connectivity index (χ3v) is 2.47. The van der Waals surface area contributed by atoms with Gasteiger partial charge in [0.2, 0.25) is 6.20 Å². The van der Waals surface area contributed by atoms with Crippen LogP contribution in [-0.4, -0.2) is 25.1 Å². The number of fused-ring (bicyclic) bond motifs is 1. The van der Waals surface area contributed by atoms with Crippen LogP contribution in [-0.2, 0) is 0 Å². The van der Waals surface area contributed by atoms with Gasteiger partial charge in [0, 0.05) is 13.1 Å². The fraction of sp³-hybridized carbons (Fsp3) is 0.273. The van der Waals surface area contributed by atoms with E-state index in [1.165, 1.54) is 6.08 Å². The van der Waals surface area contributed by atoms with Crippen LogP contribution in [0.3, 0.4) is 0 Å². The van der Waals surface area contributed by atoms with Gasteiger partial charge in [-0.3, -0.25) is 10.1 Å². The first-order chi connectivity index (χ1) is 7.66. The molecule has 1 aliphatic heterocycles.